The van der Waals surface area contributed by atoms with E-state index in [1.165, 1.54) is 32.1 Å². The number of hydrogen-bond donors (Lipinski definition) is 0. The SMILES string of the molecule is CCCCCCC1C=CSS1. The molecule has 0 aromatic rings. The molecule has 0 aliphatic carbocycles. The highest BCUT2D eigenvalue weighted by Gasteiger charge is 2.08. The van der Waals surface area contributed by atoms with Gasteiger partial charge in [-0.05, 0) is 11.8 Å². The Bertz CT molecular complexity index is 121. The van der Waals surface area contributed by atoms with Gasteiger partial charge in [-0.25, -0.2) is 0 Å². The first-order valence-corrected chi connectivity index (χ1v) is 6.70. The molecule has 1 aliphatic rings. The highest BCUT2D eigenvalue weighted by molar-refractivity contribution is 8.78. The third-order valence-corrected chi connectivity index (χ3v) is 4.30. The standard InChI is InChI=1S/C9H16S2/c1-2-3-4-5-6-9-7-8-10-11-9/h7-9H,2-6H2,1H3. The second kappa shape index (κ2) is 6.01. The lowest BCUT2D eigenvalue weighted by molar-refractivity contribution is 0.643. The van der Waals surface area contributed by atoms with Gasteiger partial charge in [0.1, 0.15) is 0 Å². The van der Waals surface area contributed by atoms with Crippen LogP contribution in [0, 0.1) is 0 Å². The van der Waals surface area contributed by atoms with E-state index >= 15 is 0 Å². The molecule has 1 unspecified atom stereocenters. The Morgan fingerprint density at radius 1 is 1.27 bits per heavy atom. The number of hydrogen-bond acceptors (Lipinski definition) is 2. The molecule has 1 rings (SSSR count). The molecule has 2 heteroatoms. The van der Waals surface area contributed by atoms with E-state index in [-0.39, 0.29) is 0 Å². The molecule has 1 atom stereocenters. The summed E-state index contributed by atoms with van der Waals surface area (Å²) in [6.45, 7) is 2.26. The second-order valence-corrected chi connectivity index (χ2v) is 5.33. The lowest BCUT2D eigenvalue weighted by Crippen LogP contribution is -1.92. The van der Waals surface area contributed by atoms with E-state index in [1.807, 2.05) is 21.6 Å². The van der Waals surface area contributed by atoms with Crippen molar-refractivity contribution in [2.45, 2.75) is 44.3 Å². The highest BCUT2D eigenvalue weighted by atomic mass is 33.1. The summed E-state index contributed by atoms with van der Waals surface area (Å²) in [4.78, 5) is 0. The van der Waals surface area contributed by atoms with Gasteiger partial charge in [-0.1, -0.05) is 60.3 Å². The van der Waals surface area contributed by atoms with Crippen molar-refractivity contribution in [3.8, 4) is 0 Å². The Labute approximate surface area is 77.6 Å². The van der Waals surface area contributed by atoms with Crippen molar-refractivity contribution in [2.24, 2.45) is 0 Å². The zero-order chi connectivity index (χ0) is 7.94. The van der Waals surface area contributed by atoms with Crippen molar-refractivity contribution in [1.29, 1.82) is 0 Å². The second-order valence-electron chi connectivity index (χ2n) is 2.91. The van der Waals surface area contributed by atoms with E-state index in [2.05, 4.69) is 18.4 Å². The van der Waals surface area contributed by atoms with E-state index < -0.39 is 0 Å². The summed E-state index contributed by atoms with van der Waals surface area (Å²) in [5.41, 5.74) is 0. The molecule has 0 N–H and O–H groups in total. The summed E-state index contributed by atoms with van der Waals surface area (Å²) in [5, 5.41) is 3.03. The van der Waals surface area contributed by atoms with Gasteiger partial charge >= 0.3 is 0 Å². The molecule has 0 amide bonds. The number of rotatable bonds is 5. The molecule has 0 saturated heterocycles. The Morgan fingerprint density at radius 3 is 2.82 bits per heavy atom. The third kappa shape index (κ3) is 4.12. The van der Waals surface area contributed by atoms with Crippen LogP contribution in [0.15, 0.2) is 11.5 Å². The predicted molar refractivity (Wildman–Crippen MR) is 56.9 cm³/mol. The summed E-state index contributed by atoms with van der Waals surface area (Å²) >= 11 is 0. The minimum atomic E-state index is 0.817. The summed E-state index contributed by atoms with van der Waals surface area (Å²) in [5.74, 6) is 0. The molecule has 0 aromatic heterocycles. The summed E-state index contributed by atoms with van der Waals surface area (Å²) < 4.78 is 0. The minimum Gasteiger partial charge on any atom is -0.0819 e. The van der Waals surface area contributed by atoms with Gasteiger partial charge < -0.3 is 0 Å². The van der Waals surface area contributed by atoms with E-state index in [1.54, 1.807) is 0 Å². The van der Waals surface area contributed by atoms with Crippen LogP contribution in [-0.2, 0) is 0 Å². The zero-order valence-electron chi connectivity index (χ0n) is 7.08. The molecule has 0 saturated carbocycles. The van der Waals surface area contributed by atoms with Gasteiger partial charge in [0.25, 0.3) is 0 Å². The smallest absolute Gasteiger partial charge is 0.0342 e. The molecule has 0 aromatic carbocycles. The fourth-order valence-electron chi connectivity index (χ4n) is 1.17. The summed E-state index contributed by atoms with van der Waals surface area (Å²) in [7, 11) is 3.89. The molecule has 64 valence electrons. The molecule has 0 bridgehead atoms. The van der Waals surface area contributed by atoms with Crippen molar-refractivity contribution in [3.05, 3.63) is 11.5 Å². The molecule has 11 heavy (non-hydrogen) atoms. The largest absolute Gasteiger partial charge is 0.0819 e. The Kier molecular flexibility index (Phi) is 5.21. The normalized spacial score (nSPS) is 22.8. The van der Waals surface area contributed by atoms with Crippen LogP contribution in [0.2, 0.25) is 0 Å². The van der Waals surface area contributed by atoms with Gasteiger partial charge in [-0.15, -0.1) is 0 Å². The molecule has 1 heterocycles. The molecule has 0 spiro atoms. The van der Waals surface area contributed by atoms with Crippen LogP contribution in [0.25, 0.3) is 0 Å². The molecule has 0 fully saturated rings. The van der Waals surface area contributed by atoms with Gasteiger partial charge in [0.05, 0.1) is 0 Å². The van der Waals surface area contributed by atoms with Crippen molar-refractivity contribution in [1.82, 2.24) is 0 Å². The molecule has 0 nitrogen and oxygen atoms in total. The first-order chi connectivity index (χ1) is 5.43. The maximum Gasteiger partial charge on any atom is 0.0342 e. The fraction of sp³-hybridized carbons (Fsp3) is 0.778. The van der Waals surface area contributed by atoms with Crippen LogP contribution >= 0.6 is 21.6 Å². The Morgan fingerprint density at radius 2 is 2.18 bits per heavy atom. The van der Waals surface area contributed by atoms with Crippen molar-refractivity contribution >= 4 is 21.6 Å². The van der Waals surface area contributed by atoms with Gasteiger partial charge in [-0.3, -0.25) is 0 Å². The summed E-state index contributed by atoms with van der Waals surface area (Å²) in [6, 6.07) is 0. The fourth-order valence-corrected chi connectivity index (χ4v) is 3.43. The van der Waals surface area contributed by atoms with Crippen LogP contribution < -0.4 is 0 Å². The van der Waals surface area contributed by atoms with E-state index in [0.717, 1.165) is 5.25 Å². The topological polar surface area (TPSA) is 0 Å². The average Bonchev–Trinajstić information content (AvgIpc) is 2.50. The van der Waals surface area contributed by atoms with Crippen LogP contribution in [0.4, 0.5) is 0 Å². The minimum absolute atomic E-state index is 0.817. The quantitative estimate of drug-likeness (QED) is 0.467. The lowest BCUT2D eigenvalue weighted by Gasteiger charge is -2.04. The van der Waals surface area contributed by atoms with Crippen LogP contribution in [0.5, 0.6) is 0 Å². The van der Waals surface area contributed by atoms with Crippen molar-refractivity contribution in [2.75, 3.05) is 0 Å². The Hall–Kier alpha value is 0.440. The zero-order valence-corrected chi connectivity index (χ0v) is 8.72. The highest BCUT2D eigenvalue weighted by Crippen LogP contribution is 2.37. The van der Waals surface area contributed by atoms with E-state index in [9.17, 15) is 0 Å². The molecular formula is C9H16S2. The van der Waals surface area contributed by atoms with Crippen LogP contribution in [0.1, 0.15) is 39.0 Å². The van der Waals surface area contributed by atoms with E-state index in [4.69, 9.17) is 0 Å². The first kappa shape index (κ1) is 9.53. The average molecular weight is 188 g/mol. The van der Waals surface area contributed by atoms with Crippen LogP contribution in [-0.4, -0.2) is 5.25 Å². The lowest BCUT2D eigenvalue weighted by atomic mass is 10.1. The van der Waals surface area contributed by atoms with Gasteiger partial charge in [0.15, 0.2) is 0 Å². The monoisotopic (exact) mass is 188 g/mol. The molecular weight excluding hydrogens is 172 g/mol. The van der Waals surface area contributed by atoms with Crippen molar-refractivity contribution in [3.63, 3.8) is 0 Å². The molecule has 1 aliphatic heterocycles. The first-order valence-electron chi connectivity index (χ1n) is 4.42. The summed E-state index contributed by atoms with van der Waals surface area (Å²) in [6.07, 6.45) is 9.31. The third-order valence-electron chi connectivity index (χ3n) is 1.87. The van der Waals surface area contributed by atoms with Gasteiger partial charge in [-0.2, -0.15) is 0 Å². The maximum absolute atomic E-state index is 2.33. The van der Waals surface area contributed by atoms with Gasteiger partial charge in [0.2, 0.25) is 0 Å². The molecule has 0 radical (unpaired) electrons. The van der Waals surface area contributed by atoms with E-state index in [0.29, 0.717) is 0 Å². The van der Waals surface area contributed by atoms with Gasteiger partial charge in [0, 0.05) is 5.25 Å². The maximum atomic E-state index is 2.33. The van der Waals surface area contributed by atoms with Crippen molar-refractivity contribution < 1.29 is 0 Å². The van der Waals surface area contributed by atoms with Crippen LogP contribution in [0.3, 0.4) is 0 Å². The Balaban J connectivity index is 1.90. The predicted octanol–water partition coefficient (Wildman–Crippen LogP) is 4.23. The number of unbranched alkanes of at least 4 members (excludes halogenated alkanes) is 3.